The predicted octanol–water partition coefficient (Wildman–Crippen LogP) is 1.58. The number of nitrogens with zero attached hydrogens (tertiary/aromatic N) is 2. The number of aromatic nitrogens is 2. The summed E-state index contributed by atoms with van der Waals surface area (Å²) in [6.45, 7) is 0. The third kappa shape index (κ3) is 3.47. The second kappa shape index (κ2) is 6.24. The second-order valence-corrected chi connectivity index (χ2v) is 4.49. The maximum atomic E-state index is 11.1. The van der Waals surface area contributed by atoms with Gasteiger partial charge < -0.3 is 14.5 Å². The first-order chi connectivity index (χ1) is 9.22. The molecule has 1 amide bonds. The minimum atomic E-state index is -0.0887. The molecule has 0 unspecified atom stereocenters. The van der Waals surface area contributed by atoms with E-state index in [0.717, 1.165) is 11.3 Å². The summed E-state index contributed by atoms with van der Waals surface area (Å²) in [6.07, 6.45) is 0. The van der Waals surface area contributed by atoms with Crippen LogP contribution in [0, 0.1) is 0 Å². The van der Waals surface area contributed by atoms with Crippen LogP contribution in [-0.4, -0.2) is 36.0 Å². The molecule has 0 saturated heterocycles. The van der Waals surface area contributed by atoms with E-state index >= 15 is 0 Å². The minimum Gasteiger partial charge on any atom is -0.497 e. The Morgan fingerprint density at radius 2 is 2.11 bits per heavy atom. The number of methoxy groups -OCH3 is 1. The third-order valence-electron chi connectivity index (χ3n) is 2.35. The van der Waals surface area contributed by atoms with Gasteiger partial charge in [0, 0.05) is 12.6 Å². The van der Waals surface area contributed by atoms with Crippen molar-refractivity contribution in [3.8, 4) is 17.2 Å². The Kier molecular flexibility index (Phi) is 4.40. The van der Waals surface area contributed by atoms with Crippen molar-refractivity contribution in [3.05, 3.63) is 24.3 Å². The van der Waals surface area contributed by atoms with Crippen molar-refractivity contribution < 1.29 is 13.9 Å². The quantitative estimate of drug-likeness (QED) is 0.837. The summed E-state index contributed by atoms with van der Waals surface area (Å²) in [5.74, 6) is 1.34. The van der Waals surface area contributed by atoms with Gasteiger partial charge in [0.1, 0.15) is 5.75 Å². The average Bonchev–Trinajstić information content (AvgIpc) is 2.93. The number of carbonyl (C=O) groups is 1. The van der Waals surface area contributed by atoms with Crippen molar-refractivity contribution in [2.24, 2.45) is 0 Å². The van der Waals surface area contributed by atoms with Crippen LogP contribution < -0.4 is 10.1 Å². The molecule has 0 atom stereocenters. The molecule has 2 rings (SSSR count). The maximum Gasteiger partial charge on any atom is 0.277 e. The first-order valence-corrected chi connectivity index (χ1v) is 6.53. The zero-order valence-corrected chi connectivity index (χ0v) is 11.4. The lowest BCUT2D eigenvalue weighted by Gasteiger charge is -1.99. The summed E-state index contributed by atoms with van der Waals surface area (Å²) in [5, 5.41) is 10.7. The number of carbonyl (C=O) groups excluding carboxylic acids is 1. The molecule has 0 bridgehead atoms. The summed E-state index contributed by atoms with van der Waals surface area (Å²) < 4.78 is 10.5. The smallest absolute Gasteiger partial charge is 0.277 e. The molecule has 1 N–H and O–H groups in total. The Hall–Kier alpha value is -2.02. The van der Waals surface area contributed by atoms with Crippen molar-refractivity contribution in [2.75, 3.05) is 19.9 Å². The predicted molar refractivity (Wildman–Crippen MR) is 71.1 cm³/mol. The summed E-state index contributed by atoms with van der Waals surface area (Å²) in [7, 11) is 3.19. The largest absolute Gasteiger partial charge is 0.497 e. The van der Waals surface area contributed by atoms with E-state index in [0.29, 0.717) is 11.1 Å². The molecule has 0 spiro atoms. The van der Waals surface area contributed by atoms with Gasteiger partial charge in [0.05, 0.1) is 12.9 Å². The van der Waals surface area contributed by atoms with Crippen LogP contribution in [0.15, 0.2) is 33.9 Å². The van der Waals surface area contributed by atoms with Crippen LogP contribution in [-0.2, 0) is 4.79 Å². The molecule has 1 aromatic heterocycles. The van der Waals surface area contributed by atoms with Gasteiger partial charge in [-0.1, -0.05) is 11.8 Å². The topological polar surface area (TPSA) is 77.2 Å². The Labute approximate surface area is 114 Å². The van der Waals surface area contributed by atoms with E-state index in [2.05, 4.69) is 15.5 Å². The van der Waals surface area contributed by atoms with E-state index in [1.165, 1.54) is 11.8 Å². The molecule has 19 heavy (non-hydrogen) atoms. The molecular weight excluding hydrogens is 266 g/mol. The fraction of sp³-hybridized carbons (Fsp3) is 0.250. The SMILES string of the molecule is CNC(=O)CSc1nnc(-c2ccc(OC)cc2)o1. The Morgan fingerprint density at radius 1 is 1.37 bits per heavy atom. The van der Waals surface area contributed by atoms with Gasteiger partial charge in [-0.2, -0.15) is 0 Å². The highest BCUT2D eigenvalue weighted by Gasteiger charge is 2.10. The van der Waals surface area contributed by atoms with Crippen molar-refractivity contribution in [1.82, 2.24) is 15.5 Å². The maximum absolute atomic E-state index is 11.1. The van der Waals surface area contributed by atoms with Crippen molar-refractivity contribution in [1.29, 1.82) is 0 Å². The normalized spacial score (nSPS) is 10.2. The standard InChI is InChI=1S/C12H13N3O3S/c1-13-10(16)7-19-12-15-14-11(18-12)8-3-5-9(17-2)6-4-8/h3-6H,7H2,1-2H3,(H,13,16). The van der Waals surface area contributed by atoms with Crippen LogP contribution >= 0.6 is 11.8 Å². The highest BCUT2D eigenvalue weighted by Crippen LogP contribution is 2.24. The number of rotatable bonds is 5. The summed E-state index contributed by atoms with van der Waals surface area (Å²) in [5.41, 5.74) is 0.806. The second-order valence-electron chi connectivity index (χ2n) is 3.56. The minimum absolute atomic E-state index is 0.0887. The van der Waals surface area contributed by atoms with E-state index in [9.17, 15) is 4.79 Å². The van der Waals surface area contributed by atoms with E-state index in [-0.39, 0.29) is 11.7 Å². The van der Waals surface area contributed by atoms with Crippen LogP contribution in [0.4, 0.5) is 0 Å². The van der Waals surface area contributed by atoms with Gasteiger partial charge in [-0.15, -0.1) is 10.2 Å². The molecule has 0 aliphatic rings. The number of hydrogen-bond acceptors (Lipinski definition) is 6. The van der Waals surface area contributed by atoms with Gasteiger partial charge in [-0.25, -0.2) is 0 Å². The Balaban J connectivity index is 2.05. The highest BCUT2D eigenvalue weighted by molar-refractivity contribution is 7.99. The molecule has 100 valence electrons. The van der Waals surface area contributed by atoms with Crippen LogP contribution in [0.1, 0.15) is 0 Å². The third-order valence-corrected chi connectivity index (χ3v) is 3.17. The van der Waals surface area contributed by atoms with E-state index < -0.39 is 0 Å². The molecule has 2 aromatic rings. The fourth-order valence-electron chi connectivity index (χ4n) is 1.32. The monoisotopic (exact) mass is 279 g/mol. The lowest BCUT2D eigenvalue weighted by molar-refractivity contribution is -0.118. The van der Waals surface area contributed by atoms with Gasteiger partial charge in [-0.3, -0.25) is 4.79 Å². The van der Waals surface area contributed by atoms with E-state index in [1.807, 2.05) is 24.3 Å². The molecule has 7 heteroatoms. The lowest BCUT2D eigenvalue weighted by Crippen LogP contribution is -2.19. The van der Waals surface area contributed by atoms with Gasteiger partial charge in [-0.05, 0) is 24.3 Å². The lowest BCUT2D eigenvalue weighted by atomic mass is 10.2. The zero-order valence-electron chi connectivity index (χ0n) is 10.5. The molecule has 6 nitrogen and oxygen atoms in total. The Bertz CT molecular complexity index is 554. The van der Waals surface area contributed by atoms with Crippen molar-refractivity contribution in [2.45, 2.75) is 5.22 Å². The van der Waals surface area contributed by atoms with Gasteiger partial charge >= 0.3 is 0 Å². The van der Waals surface area contributed by atoms with Crippen LogP contribution in [0.2, 0.25) is 0 Å². The number of ether oxygens (including phenoxy) is 1. The number of amides is 1. The zero-order chi connectivity index (χ0) is 13.7. The number of benzene rings is 1. The summed E-state index contributed by atoms with van der Waals surface area (Å²) in [4.78, 5) is 11.1. The molecular formula is C12H13N3O3S. The molecule has 0 radical (unpaired) electrons. The van der Waals surface area contributed by atoms with Crippen LogP contribution in [0.25, 0.3) is 11.5 Å². The van der Waals surface area contributed by atoms with E-state index in [4.69, 9.17) is 9.15 Å². The van der Waals surface area contributed by atoms with Crippen LogP contribution in [0.3, 0.4) is 0 Å². The molecule has 1 aromatic carbocycles. The van der Waals surface area contributed by atoms with Gasteiger partial charge in [0.2, 0.25) is 11.8 Å². The van der Waals surface area contributed by atoms with E-state index in [1.54, 1.807) is 14.2 Å². The fourth-order valence-corrected chi connectivity index (χ4v) is 1.95. The molecule has 1 heterocycles. The summed E-state index contributed by atoms with van der Waals surface area (Å²) in [6, 6.07) is 7.30. The number of thioether (sulfide) groups is 1. The average molecular weight is 279 g/mol. The van der Waals surface area contributed by atoms with Crippen molar-refractivity contribution in [3.63, 3.8) is 0 Å². The molecule has 0 fully saturated rings. The van der Waals surface area contributed by atoms with Gasteiger partial charge in [0.25, 0.3) is 5.22 Å². The number of hydrogen-bond donors (Lipinski definition) is 1. The highest BCUT2D eigenvalue weighted by atomic mass is 32.2. The molecule has 0 aliphatic carbocycles. The summed E-state index contributed by atoms with van der Waals surface area (Å²) >= 11 is 1.20. The van der Waals surface area contributed by atoms with Gasteiger partial charge in [0.15, 0.2) is 0 Å². The van der Waals surface area contributed by atoms with Crippen molar-refractivity contribution >= 4 is 17.7 Å². The van der Waals surface area contributed by atoms with Crippen LogP contribution in [0.5, 0.6) is 5.75 Å². The number of nitrogens with one attached hydrogen (secondary N) is 1. The first kappa shape index (κ1) is 13.4. The first-order valence-electron chi connectivity index (χ1n) is 5.54. The molecule has 0 saturated carbocycles. The Morgan fingerprint density at radius 3 is 2.74 bits per heavy atom. The molecule has 0 aliphatic heterocycles.